The lowest BCUT2D eigenvalue weighted by Gasteiger charge is -2.34. The normalized spacial score (nSPS) is 15.1. The Bertz CT molecular complexity index is 9690. The maximum atomic E-state index is 16.4. The van der Waals surface area contributed by atoms with Crippen molar-refractivity contribution in [2.24, 2.45) is 0 Å². The molecule has 0 fully saturated rings. The van der Waals surface area contributed by atoms with Crippen molar-refractivity contribution < 1.29 is 13.7 Å². The summed E-state index contributed by atoms with van der Waals surface area (Å²) >= 11 is 1.70. The standard InChI is InChI=1S/C49H35N2OPSi.C43H27N4OP.C38H24N3OPS/c52-53(38-20-8-2-9-21-38)46-31-17-29-44-47(46)51(49(50-44)37-18-6-1-7-19-37)45-30-16-28-43(48(45)53)36-32-34-42(35-33-36)54(39-22-10-3-11-23-39,40-24-12-4-13-25-40)41-26-14-5-15-27-41;48-49(33-13-5-2-6-14-33)38-18-8-16-36-41(38)47(43(46-36)32-10-3-1-4-11-32)37-17-7-15-34(42(37)49)28-19-21-29(22-20-28)35-26-25-31-24-23-30-12-9-27-44-39(30)40(31)45-35;42-43(28-13-5-2-6-14-28)33-19-10-17-31-35(33)41(37(39-31)26-11-3-1-4-12-26)32-18-9-15-29(36(32)43)25-21-23-27(24-22-25)38-40-30-16-7-8-20-34(30)44-38/h1-35H;1-27H;1-24H. The fourth-order valence-corrected chi connectivity index (χ4v) is 37.9. The lowest BCUT2D eigenvalue weighted by Crippen LogP contribution is -2.74. The fraction of sp³-hybridized carbons (Fsp3) is 0. The van der Waals surface area contributed by atoms with Crippen LogP contribution in [0.5, 0.6) is 0 Å². The molecule has 3 aliphatic rings. The molecule has 17 heteroatoms. The van der Waals surface area contributed by atoms with Crippen LogP contribution in [0.25, 0.3) is 172 Å². The summed E-state index contributed by atoms with van der Waals surface area (Å²) in [6.07, 6.45) is 1.82. The van der Waals surface area contributed by atoms with E-state index in [0.29, 0.717) is 0 Å². The van der Waals surface area contributed by atoms with E-state index in [1.807, 2.05) is 225 Å². The molecule has 9 heterocycles. The summed E-state index contributed by atoms with van der Waals surface area (Å²) in [5, 5.41) is 15.8. The molecule has 3 atom stereocenters. The highest BCUT2D eigenvalue weighted by Gasteiger charge is 2.47. The Morgan fingerprint density at radius 1 is 0.224 bits per heavy atom. The Morgan fingerprint density at radius 2 is 0.537 bits per heavy atom. The molecule has 0 saturated heterocycles. The number of fused-ring (bicyclic) bond motifs is 10. The summed E-state index contributed by atoms with van der Waals surface area (Å²) in [4.78, 5) is 30.0. The van der Waals surface area contributed by atoms with Gasteiger partial charge in [0.1, 0.15) is 22.5 Å². The third kappa shape index (κ3) is 14.3. The molecule has 6 aromatic heterocycles. The van der Waals surface area contributed by atoms with Crippen molar-refractivity contribution in [2.75, 3.05) is 0 Å². The molecule has 0 saturated carbocycles. The third-order valence-electron chi connectivity index (χ3n) is 29.1. The van der Waals surface area contributed by atoms with Gasteiger partial charge in [0, 0.05) is 76.6 Å². The van der Waals surface area contributed by atoms with Gasteiger partial charge in [-0.2, -0.15) is 0 Å². The first-order valence-corrected chi connectivity index (χ1v) is 57.1. The van der Waals surface area contributed by atoms with Crippen LogP contribution < -0.4 is 68.5 Å². The molecule has 20 aromatic carbocycles. The van der Waals surface area contributed by atoms with Crippen LogP contribution in [0.15, 0.2) is 522 Å². The number of thiazole rings is 1. The van der Waals surface area contributed by atoms with E-state index < -0.39 is 29.5 Å². The molecule has 0 aliphatic carbocycles. The summed E-state index contributed by atoms with van der Waals surface area (Å²) in [5.41, 5.74) is 22.6. The molecule has 29 rings (SSSR count). The van der Waals surface area contributed by atoms with Gasteiger partial charge in [0.25, 0.3) is 0 Å². The van der Waals surface area contributed by atoms with Gasteiger partial charge in [0.05, 0.1) is 93.0 Å². The van der Waals surface area contributed by atoms with Gasteiger partial charge in [0.15, 0.2) is 29.5 Å². The topological polar surface area (TPSA) is 143 Å². The molecule has 26 aromatic rings. The average molecular weight is 1980 g/mol. The Balaban J connectivity index is 0.000000110. The van der Waals surface area contributed by atoms with E-state index in [0.717, 1.165) is 215 Å². The molecular weight excluding hydrogens is 1890 g/mol. The number of hydrogen-bond acceptors (Lipinski definition) is 10. The molecule has 0 N–H and O–H groups in total. The van der Waals surface area contributed by atoms with Crippen LogP contribution in [0.2, 0.25) is 0 Å². The van der Waals surface area contributed by atoms with E-state index in [1.165, 1.54) is 25.4 Å². The van der Waals surface area contributed by atoms with Crippen LogP contribution in [0, 0.1) is 0 Å². The highest BCUT2D eigenvalue weighted by atomic mass is 32.1. The molecule has 3 aliphatic heterocycles. The first-order chi connectivity index (χ1) is 72.6. The lowest BCUT2D eigenvalue weighted by molar-refractivity contribution is 0.591. The minimum atomic E-state index is -3.39. The van der Waals surface area contributed by atoms with E-state index in [2.05, 4.69) is 316 Å². The molecule has 0 radical (unpaired) electrons. The molecule has 0 spiro atoms. The number of pyridine rings is 2. The number of para-hydroxylation sites is 4. The molecule has 0 amide bonds. The number of imidazole rings is 3. The van der Waals surface area contributed by atoms with E-state index in [-0.39, 0.29) is 0 Å². The molecule has 3 unspecified atom stereocenters. The van der Waals surface area contributed by atoms with E-state index in [1.54, 1.807) is 11.3 Å². The average Bonchev–Trinajstić information content (AvgIpc) is 1.59. The number of nitrogens with zero attached hydrogens (tertiary/aromatic N) is 9. The maximum absolute atomic E-state index is 16.4. The largest absolute Gasteiger partial charge is 0.308 e. The van der Waals surface area contributed by atoms with Gasteiger partial charge < -0.3 is 13.7 Å². The van der Waals surface area contributed by atoms with Crippen LogP contribution in [0.4, 0.5) is 0 Å². The predicted octanol–water partition coefficient (Wildman–Crippen LogP) is 25.4. The zero-order chi connectivity index (χ0) is 97.9. The highest BCUT2D eigenvalue weighted by Crippen LogP contribution is 2.57. The van der Waals surface area contributed by atoms with Crippen molar-refractivity contribution in [3.63, 3.8) is 0 Å². The van der Waals surface area contributed by atoms with E-state index in [9.17, 15) is 0 Å². The summed E-state index contributed by atoms with van der Waals surface area (Å²) in [5.74, 6) is 2.52. The van der Waals surface area contributed by atoms with Crippen molar-refractivity contribution in [1.82, 2.24) is 43.6 Å². The summed E-state index contributed by atoms with van der Waals surface area (Å²) in [6, 6.07) is 177. The molecule has 12 nitrogen and oxygen atoms in total. The van der Waals surface area contributed by atoms with Gasteiger partial charge in [-0.15, -0.1) is 11.3 Å². The minimum absolute atomic E-state index is 0.808. The SMILES string of the molecule is O=P1(c2ccccc2)c2c(-c3ccc(-c4ccc5ccc6cccnc6c5n4)cc3)cccc2-n2c(-c3ccccc3)nc3cccc1c32.O=P1(c2ccccc2)c2c(-c3ccc(-c4nc5ccccc5s4)cc3)cccc2-n2c(-c3ccccc3)nc3cccc1c32.O=P1(c2ccccc2)c2c(-c3ccc([Si](c4ccccc4)(c4ccccc4)c4ccccc4)cc3)cccc2-n2c(-c3ccccc3)nc3cccc1c32. The summed E-state index contributed by atoms with van der Waals surface area (Å²) in [7, 11) is -12.8. The van der Waals surface area contributed by atoms with Gasteiger partial charge in [-0.25, -0.2) is 24.9 Å². The second-order valence-corrected chi connectivity index (χ2v) is 50.0. The fourth-order valence-electron chi connectivity index (χ4n) is 22.5. The van der Waals surface area contributed by atoms with E-state index in [4.69, 9.17) is 24.9 Å². The van der Waals surface area contributed by atoms with Gasteiger partial charge in [0.2, 0.25) is 0 Å². The van der Waals surface area contributed by atoms with Crippen LogP contribution in [-0.2, 0) is 13.7 Å². The molecule has 694 valence electrons. The lowest BCUT2D eigenvalue weighted by atomic mass is 10.0. The minimum Gasteiger partial charge on any atom is -0.308 e. The van der Waals surface area contributed by atoms with Crippen molar-refractivity contribution in [2.45, 2.75) is 0 Å². The Morgan fingerprint density at radius 3 is 0.925 bits per heavy atom. The zero-order valence-corrected chi connectivity index (χ0v) is 83.7. The van der Waals surface area contributed by atoms with Gasteiger partial charge in [-0.05, 0) is 133 Å². The predicted molar refractivity (Wildman–Crippen MR) is 613 cm³/mol. The number of rotatable bonds is 15. The second-order valence-electron chi connectivity index (χ2n) is 37.2. The molecular formula is C130H86N9O3P3SSi. The summed E-state index contributed by atoms with van der Waals surface area (Å²) in [6.45, 7) is 0. The van der Waals surface area contributed by atoms with Gasteiger partial charge in [-0.3, -0.25) is 18.7 Å². The maximum Gasteiger partial charge on any atom is 0.179 e. The first-order valence-electron chi connectivity index (χ1n) is 49.2. The Kier molecular flexibility index (Phi) is 21.7. The smallest absolute Gasteiger partial charge is 0.179 e. The zero-order valence-electron chi connectivity index (χ0n) is 79.2. The van der Waals surface area contributed by atoms with Crippen molar-refractivity contribution in [1.29, 1.82) is 0 Å². The molecule has 147 heavy (non-hydrogen) atoms. The van der Waals surface area contributed by atoms with Crippen LogP contribution in [-0.4, -0.2) is 51.7 Å². The number of aromatic nitrogens is 9. The van der Waals surface area contributed by atoms with Gasteiger partial charge in [-0.1, -0.05) is 437 Å². The number of hydrogen-bond donors (Lipinski definition) is 0. The third-order valence-corrected chi connectivity index (χ3v) is 44.4. The monoisotopic (exact) mass is 1970 g/mol. The van der Waals surface area contributed by atoms with Crippen molar-refractivity contribution >= 4 is 174 Å². The van der Waals surface area contributed by atoms with Crippen LogP contribution in [0.3, 0.4) is 0 Å². The Labute approximate surface area is 853 Å². The molecule has 0 bridgehead atoms. The Hall–Kier alpha value is -17.6. The highest BCUT2D eigenvalue weighted by molar-refractivity contribution is 7.87. The first kappa shape index (κ1) is 88.4. The van der Waals surface area contributed by atoms with Crippen molar-refractivity contribution in [3.8, 4) is 106 Å². The van der Waals surface area contributed by atoms with Crippen LogP contribution >= 0.6 is 32.8 Å². The van der Waals surface area contributed by atoms with Crippen molar-refractivity contribution in [3.05, 3.63) is 522 Å². The number of benzene rings is 20. The van der Waals surface area contributed by atoms with Gasteiger partial charge >= 0.3 is 0 Å². The second kappa shape index (κ2) is 36.1. The summed E-state index contributed by atoms with van der Waals surface area (Å²) < 4.78 is 56.2. The van der Waals surface area contributed by atoms with Crippen LogP contribution in [0.1, 0.15) is 0 Å². The quantitative estimate of drug-likeness (QED) is 0.0424. The van der Waals surface area contributed by atoms with E-state index >= 15 is 13.7 Å².